The first-order chi connectivity index (χ1) is 15.0. The van der Waals surface area contributed by atoms with Gasteiger partial charge in [0.15, 0.2) is 5.76 Å². The Kier molecular flexibility index (Phi) is 6.08. The molecule has 7 nitrogen and oxygen atoms in total. The van der Waals surface area contributed by atoms with E-state index >= 15 is 0 Å². The fourth-order valence-corrected chi connectivity index (χ4v) is 3.92. The van der Waals surface area contributed by atoms with Gasteiger partial charge in [0.1, 0.15) is 12.4 Å². The van der Waals surface area contributed by atoms with Gasteiger partial charge in [-0.2, -0.15) is 4.98 Å². The molecule has 0 saturated carbocycles. The highest BCUT2D eigenvalue weighted by Crippen LogP contribution is 2.27. The van der Waals surface area contributed by atoms with Crippen LogP contribution in [-0.4, -0.2) is 35.3 Å². The molecule has 4 rings (SSSR count). The molecule has 2 aromatic heterocycles. The van der Waals surface area contributed by atoms with Crippen molar-refractivity contribution in [1.29, 1.82) is 0 Å². The zero-order valence-corrected chi connectivity index (χ0v) is 18.1. The Morgan fingerprint density at radius 2 is 1.90 bits per heavy atom. The third-order valence-electron chi connectivity index (χ3n) is 4.83. The van der Waals surface area contributed by atoms with Crippen LogP contribution in [-0.2, 0) is 6.42 Å². The summed E-state index contributed by atoms with van der Waals surface area (Å²) >= 11 is 1.02. The normalized spacial score (nSPS) is 10.9. The van der Waals surface area contributed by atoms with Gasteiger partial charge in [-0.1, -0.05) is 53.8 Å². The zero-order chi connectivity index (χ0) is 21.8. The van der Waals surface area contributed by atoms with E-state index in [1.54, 1.807) is 0 Å². The molecule has 2 aromatic carbocycles. The van der Waals surface area contributed by atoms with Crippen LogP contribution < -0.4 is 14.5 Å². The Hall–Kier alpha value is -3.52. The highest BCUT2D eigenvalue weighted by molar-refractivity contribution is 7.09. The average Bonchev–Trinajstić information content (AvgIpc) is 3.31. The van der Waals surface area contributed by atoms with E-state index in [0.29, 0.717) is 30.5 Å². The minimum absolute atomic E-state index is 0.0597. The SMILES string of the molecule is Cc1nc(N(C)CCOc2ccc(Cc3sc(=O)[nH]c3O)cc2)oc1-c1ccccc1. The van der Waals surface area contributed by atoms with Gasteiger partial charge >= 0.3 is 4.87 Å². The lowest BCUT2D eigenvalue weighted by atomic mass is 10.1. The molecule has 0 bridgehead atoms. The largest absolute Gasteiger partial charge is 0.494 e. The summed E-state index contributed by atoms with van der Waals surface area (Å²) < 4.78 is 11.8. The van der Waals surface area contributed by atoms with Crippen LogP contribution >= 0.6 is 11.3 Å². The number of likely N-dealkylation sites (N-methyl/N-ethyl adjacent to an activating group) is 1. The second-order valence-corrected chi connectivity index (χ2v) is 8.22. The number of anilines is 1. The maximum atomic E-state index is 11.3. The number of nitrogens with one attached hydrogen (secondary N) is 1. The van der Waals surface area contributed by atoms with E-state index in [9.17, 15) is 9.90 Å². The van der Waals surface area contributed by atoms with Gasteiger partial charge in [0, 0.05) is 19.0 Å². The van der Waals surface area contributed by atoms with Crippen LogP contribution in [0.5, 0.6) is 11.6 Å². The van der Waals surface area contributed by atoms with Crippen molar-refractivity contribution in [2.24, 2.45) is 0 Å². The van der Waals surface area contributed by atoms with Gasteiger partial charge in [-0.05, 0) is 24.6 Å². The molecule has 4 aromatic rings. The van der Waals surface area contributed by atoms with E-state index in [-0.39, 0.29) is 10.8 Å². The van der Waals surface area contributed by atoms with E-state index < -0.39 is 0 Å². The average molecular weight is 438 g/mol. The number of benzene rings is 2. The molecule has 0 aliphatic heterocycles. The molecule has 0 atom stereocenters. The highest BCUT2D eigenvalue weighted by atomic mass is 32.1. The number of aromatic nitrogens is 2. The van der Waals surface area contributed by atoms with Gasteiger partial charge in [0.05, 0.1) is 17.1 Å². The number of aromatic hydroxyl groups is 1. The minimum Gasteiger partial charge on any atom is -0.494 e. The lowest BCUT2D eigenvalue weighted by Crippen LogP contribution is -2.24. The van der Waals surface area contributed by atoms with Crippen LogP contribution in [0.3, 0.4) is 0 Å². The molecule has 8 heteroatoms. The number of nitrogens with zero attached hydrogens (tertiary/aromatic N) is 2. The molecule has 0 radical (unpaired) electrons. The number of ether oxygens (including phenoxy) is 1. The van der Waals surface area contributed by atoms with Crippen molar-refractivity contribution < 1.29 is 14.3 Å². The zero-order valence-electron chi connectivity index (χ0n) is 17.3. The summed E-state index contributed by atoms with van der Waals surface area (Å²) in [5, 5.41) is 9.71. The summed E-state index contributed by atoms with van der Waals surface area (Å²) in [6, 6.07) is 18.1. The molecule has 2 N–H and O–H groups in total. The molecule has 0 aliphatic rings. The van der Waals surface area contributed by atoms with Gasteiger partial charge in [-0.15, -0.1) is 0 Å². The topological polar surface area (TPSA) is 91.6 Å². The van der Waals surface area contributed by atoms with Crippen LogP contribution in [0.25, 0.3) is 11.3 Å². The quantitative estimate of drug-likeness (QED) is 0.429. The second kappa shape index (κ2) is 9.09. The Bertz CT molecular complexity index is 1200. The first kappa shape index (κ1) is 20.7. The van der Waals surface area contributed by atoms with Gasteiger partial charge in [-0.25, -0.2) is 0 Å². The maximum absolute atomic E-state index is 11.3. The third kappa shape index (κ3) is 4.97. The number of hydrogen-bond donors (Lipinski definition) is 2. The number of hydrogen-bond acceptors (Lipinski definition) is 7. The lowest BCUT2D eigenvalue weighted by Gasteiger charge is -2.15. The molecular weight excluding hydrogens is 414 g/mol. The molecule has 2 heterocycles. The molecular formula is C23H23N3O4S. The van der Waals surface area contributed by atoms with Crippen molar-refractivity contribution in [2.75, 3.05) is 25.1 Å². The molecule has 0 spiro atoms. The van der Waals surface area contributed by atoms with Gasteiger partial charge in [-0.3, -0.25) is 9.78 Å². The van der Waals surface area contributed by atoms with Gasteiger partial charge in [0.25, 0.3) is 6.01 Å². The number of aryl methyl sites for hydroxylation is 1. The van der Waals surface area contributed by atoms with Crippen LogP contribution in [0.2, 0.25) is 0 Å². The van der Waals surface area contributed by atoms with E-state index in [1.165, 1.54) is 0 Å². The van der Waals surface area contributed by atoms with Crippen LogP contribution in [0.4, 0.5) is 6.01 Å². The number of H-pyrrole nitrogens is 1. The van der Waals surface area contributed by atoms with Crippen LogP contribution in [0, 0.1) is 6.92 Å². The van der Waals surface area contributed by atoms with Crippen molar-refractivity contribution >= 4 is 17.4 Å². The van der Waals surface area contributed by atoms with Crippen LogP contribution in [0.15, 0.2) is 63.8 Å². The second-order valence-electron chi connectivity index (χ2n) is 7.15. The highest BCUT2D eigenvalue weighted by Gasteiger charge is 2.14. The standard InChI is InChI=1S/C23H23N3O4S/c1-15-20(17-6-4-3-5-7-17)30-22(24-15)26(2)12-13-29-18-10-8-16(9-11-18)14-19-21(27)25-23(28)31-19/h3-11,27H,12-14H2,1-2H3,(H,25,28). The van der Waals surface area contributed by atoms with Crippen LogP contribution in [0.1, 0.15) is 16.1 Å². The molecule has 0 amide bonds. The number of rotatable bonds is 8. The molecule has 0 saturated heterocycles. The van der Waals surface area contributed by atoms with Crippen molar-refractivity contribution in [3.63, 3.8) is 0 Å². The number of aromatic amines is 1. The molecule has 0 fully saturated rings. The Balaban J connectivity index is 1.31. The summed E-state index contributed by atoms with van der Waals surface area (Å²) in [6.07, 6.45) is 0.492. The third-order valence-corrected chi connectivity index (χ3v) is 5.70. The molecule has 0 unspecified atom stereocenters. The number of oxazole rings is 1. The summed E-state index contributed by atoms with van der Waals surface area (Å²) in [5.74, 6) is 1.46. The van der Waals surface area contributed by atoms with E-state index in [0.717, 1.165) is 39.7 Å². The van der Waals surface area contributed by atoms with Crippen molar-refractivity contribution in [3.05, 3.63) is 80.4 Å². The minimum atomic E-state index is -0.256. The Morgan fingerprint density at radius 3 is 2.58 bits per heavy atom. The van der Waals surface area contributed by atoms with Crippen molar-refractivity contribution in [3.8, 4) is 23.0 Å². The molecule has 160 valence electrons. The smallest absolute Gasteiger partial charge is 0.307 e. The first-order valence-corrected chi connectivity index (χ1v) is 10.7. The predicted molar refractivity (Wildman–Crippen MR) is 121 cm³/mol. The van der Waals surface area contributed by atoms with Gasteiger partial charge < -0.3 is 19.2 Å². The summed E-state index contributed by atoms with van der Waals surface area (Å²) in [7, 11) is 1.92. The molecule has 0 aliphatic carbocycles. The van der Waals surface area contributed by atoms with Gasteiger partial charge in [0.2, 0.25) is 5.88 Å². The fourth-order valence-electron chi connectivity index (χ4n) is 3.16. The maximum Gasteiger partial charge on any atom is 0.307 e. The van der Waals surface area contributed by atoms with E-state index in [4.69, 9.17) is 9.15 Å². The summed E-state index contributed by atoms with van der Waals surface area (Å²) in [5.41, 5.74) is 2.84. The van der Waals surface area contributed by atoms with Crippen molar-refractivity contribution in [2.45, 2.75) is 13.3 Å². The fraction of sp³-hybridized carbons (Fsp3) is 0.217. The lowest BCUT2D eigenvalue weighted by molar-refractivity contribution is 0.323. The summed E-state index contributed by atoms with van der Waals surface area (Å²) in [4.78, 5) is 20.5. The van der Waals surface area contributed by atoms with E-state index in [2.05, 4.69) is 9.97 Å². The predicted octanol–water partition coefficient (Wildman–Crippen LogP) is 4.21. The number of thiazole rings is 1. The summed E-state index contributed by atoms with van der Waals surface area (Å²) in [6.45, 7) is 3.02. The Labute approximate surface area is 183 Å². The van der Waals surface area contributed by atoms with E-state index in [1.807, 2.05) is 73.5 Å². The molecule has 31 heavy (non-hydrogen) atoms. The monoisotopic (exact) mass is 437 g/mol. The Morgan fingerprint density at radius 1 is 1.16 bits per heavy atom. The van der Waals surface area contributed by atoms with Crippen molar-refractivity contribution in [1.82, 2.24) is 9.97 Å². The first-order valence-electron chi connectivity index (χ1n) is 9.86.